The Balaban J connectivity index is 1.85. The second kappa shape index (κ2) is 9.32. The molecule has 0 saturated carbocycles. The first-order chi connectivity index (χ1) is 15.7. The highest BCUT2D eigenvalue weighted by Crippen LogP contribution is 2.44. The standard InChI is InChI=1S/C22H27FN6O2S2/c1-3-13-33(30,31)29-15-6-4-5-14(17(15)23)18-19(16-7-10-26-21(24)27-16)32-20(28-18)22(2)8-11-25-12-9-22/h4-7,10,25,29H,3,8-9,11-13H2,1-2H3,(H2,24,26,27). The fraction of sp³-hybridized carbons (Fsp3) is 0.409. The summed E-state index contributed by atoms with van der Waals surface area (Å²) < 4.78 is 42.5. The van der Waals surface area contributed by atoms with Crippen LogP contribution in [0.4, 0.5) is 16.0 Å². The van der Waals surface area contributed by atoms with Crippen LogP contribution in [0.3, 0.4) is 0 Å². The van der Waals surface area contributed by atoms with E-state index in [0.29, 0.717) is 22.7 Å². The molecule has 1 aliphatic heterocycles. The first kappa shape index (κ1) is 23.5. The highest BCUT2D eigenvalue weighted by atomic mass is 32.2. The predicted molar refractivity (Wildman–Crippen MR) is 130 cm³/mol. The summed E-state index contributed by atoms with van der Waals surface area (Å²) in [6.07, 6.45) is 3.80. The molecule has 33 heavy (non-hydrogen) atoms. The number of thiazole rings is 1. The summed E-state index contributed by atoms with van der Waals surface area (Å²) in [5.41, 5.74) is 6.74. The molecule has 1 saturated heterocycles. The van der Waals surface area contributed by atoms with Crippen LogP contribution >= 0.6 is 11.3 Å². The van der Waals surface area contributed by atoms with Crippen molar-refractivity contribution in [2.75, 3.05) is 29.3 Å². The summed E-state index contributed by atoms with van der Waals surface area (Å²) in [5.74, 6) is -0.647. The van der Waals surface area contributed by atoms with Crippen LogP contribution in [0.5, 0.6) is 0 Å². The molecule has 0 atom stereocenters. The van der Waals surface area contributed by atoms with Gasteiger partial charge >= 0.3 is 0 Å². The van der Waals surface area contributed by atoms with E-state index >= 15 is 4.39 Å². The molecule has 8 nitrogen and oxygen atoms in total. The van der Waals surface area contributed by atoms with E-state index < -0.39 is 15.8 Å². The molecule has 2 aromatic heterocycles. The maximum atomic E-state index is 15.6. The van der Waals surface area contributed by atoms with Gasteiger partial charge in [-0.05, 0) is 50.6 Å². The third kappa shape index (κ3) is 4.99. The van der Waals surface area contributed by atoms with Crippen molar-refractivity contribution < 1.29 is 12.8 Å². The molecule has 4 rings (SSSR count). The van der Waals surface area contributed by atoms with Crippen molar-refractivity contribution in [3.05, 3.63) is 41.3 Å². The van der Waals surface area contributed by atoms with Gasteiger partial charge in [-0.1, -0.05) is 19.9 Å². The second-order valence-electron chi connectivity index (χ2n) is 8.40. The van der Waals surface area contributed by atoms with E-state index in [1.165, 1.54) is 17.4 Å². The lowest BCUT2D eigenvalue weighted by Gasteiger charge is -2.32. The van der Waals surface area contributed by atoms with Crippen LogP contribution in [0, 0.1) is 5.82 Å². The number of nitrogen functional groups attached to an aromatic ring is 1. The van der Waals surface area contributed by atoms with E-state index in [4.69, 9.17) is 10.7 Å². The summed E-state index contributed by atoms with van der Waals surface area (Å²) in [4.78, 5) is 13.9. The minimum Gasteiger partial charge on any atom is -0.368 e. The number of nitrogens with one attached hydrogen (secondary N) is 2. The number of nitrogens with zero attached hydrogens (tertiary/aromatic N) is 3. The van der Waals surface area contributed by atoms with Crippen molar-refractivity contribution in [2.24, 2.45) is 0 Å². The quantitative estimate of drug-likeness (QED) is 0.460. The van der Waals surface area contributed by atoms with E-state index in [1.54, 1.807) is 31.3 Å². The number of sulfonamides is 1. The number of anilines is 2. The van der Waals surface area contributed by atoms with E-state index in [-0.39, 0.29) is 28.4 Å². The lowest BCUT2D eigenvalue weighted by atomic mass is 9.82. The van der Waals surface area contributed by atoms with Gasteiger partial charge in [-0.25, -0.2) is 27.8 Å². The smallest absolute Gasteiger partial charge is 0.232 e. The van der Waals surface area contributed by atoms with E-state index in [0.717, 1.165) is 30.9 Å². The third-order valence-electron chi connectivity index (χ3n) is 5.75. The van der Waals surface area contributed by atoms with Crippen molar-refractivity contribution in [3.8, 4) is 21.8 Å². The number of aromatic nitrogens is 3. The molecule has 1 aliphatic rings. The Labute approximate surface area is 196 Å². The highest BCUT2D eigenvalue weighted by molar-refractivity contribution is 7.92. The molecule has 0 amide bonds. The van der Waals surface area contributed by atoms with Gasteiger partial charge in [0.05, 0.1) is 32.7 Å². The van der Waals surface area contributed by atoms with Gasteiger partial charge < -0.3 is 11.1 Å². The van der Waals surface area contributed by atoms with Gasteiger partial charge in [0.1, 0.15) is 0 Å². The topological polar surface area (TPSA) is 123 Å². The van der Waals surface area contributed by atoms with Gasteiger partial charge in [0.25, 0.3) is 0 Å². The zero-order valence-corrected chi connectivity index (χ0v) is 20.2. The van der Waals surface area contributed by atoms with Gasteiger partial charge in [-0.2, -0.15) is 0 Å². The monoisotopic (exact) mass is 490 g/mol. The average Bonchev–Trinajstić information content (AvgIpc) is 3.22. The molecule has 1 fully saturated rings. The van der Waals surface area contributed by atoms with Crippen LogP contribution in [0.15, 0.2) is 30.5 Å². The fourth-order valence-electron chi connectivity index (χ4n) is 3.91. The van der Waals surface area contributed by atoms with Crippen molar-refractivity contribution in [3.63, 3.8) is 0 Å². The Bertz CT molecular complexity index is 1260. The summed E-state index contributed by atoms with van der Waals surface area (Å²) in [5, 5.41) is 4.26. The normalized spacial score (nSPS) is 16.0. The third-order valence-corrected chi connectivity index (χ3v) is 8.61. The number of nitrogens with two attached hydrogens (primary N) is 1. The number of hydrogen-bond acceptors (Lipinski definition) is 8. The number of hydrogen-bond donors (Lipinski definition) is 3. The largest absolute Gasteiger partial charge is 0.368 e. The van der Waals surface area contributed by atoms with Crippen molar-refractivity contribution in [1.82, 2.24) is 20.3 Å². The molecule has 11 heteroatoms. The summed E-state index contributed by atoms with van der Waals surface area (Å²) in [7, 11) is -3.65. The second-order valence-corrected chi connectivity index (χ2v) is 11.2. The predicted octanol–water partition coefficient (Wildman–Crippen LogP) is 3.78. The minimum atomic E-state index is -3.65. The number of rotatable bonds is 7. The fourth-order valence-corrected chi connectivity index (χ4v) is 6.29. The van der Waals surface area contributed by atoms with Crippen molar-refractivity contribution >= 4 is 33.0 Å². The van der Waals surface area contributed by atoms with Crippen LogP contribution in [-0.2, 0) is 15.4 Å². The van der Waals surface area contributed by atoms with E-state index in [2.05, 4.69) is 26.9 Å². The number of benzene rings is 1. The van der Waals surface area contributed by atoms with Gasteiger partial charge in [0.2, 0.25) is 16.0 Å². The van der Waals surface area contributed by atoms with E-state index in [1.807, 2.05) is 0 Å². The molecule has 3 aromatic rings. The number of halogens is 1. The maximum Gasteiger partial charge on any atom is 0.232 e. The molecule has 0 spiro atoms. The Morgan fingerprint density at radius 1 is 1.24 bits per heavy atom. The molecule has 0 bridgehead atoms. The lowest BCUT2D eigenvalue weighted by molar-refractivity contribution is 0.334. The summed E-state index contributed by atoms with van der Waals surface area (Å²) in [6, 6.07) is 6.35. The first-order valence-corrected chi connectivity index (χ1v) is 13.3. The van der Waals surface area contributed by atoms with Crippen LogP contribution in [0.1, 0.15) is 38.1 Å². The lowest BCUT2D eigenvalue weighted by Crippen LogP contribution is -2.37. The van der Waals surface area contributed by atoms with Crippen molar-refractivity contribution in [1.29, 1.82) is 0 Å². The van der Waals surface area contributed by atoms with Crippen LogP contribution in [0.25, 0.3) is 21.8 Å². The van der Waals surface area contributed by atoms with Crippen LogP contribution < -0.4 is 15.8 Å². The molecular formula is C22H27FN6O2S2. The number of piperidine rings is 1. The zero-order chi connectivity index (χ0) is 23.6. The van der Waals surface area contributed by atoms with Gasteiger partial charge in [-0.15, -0.1) is 11.3 Å². The molecule has 4 N–H and O–H groups in total. The molecule has 0 unspecified atom stereocenters. The van der Waals surface area contributed by atoms with Gasteiger partial charge in [-0.3, -0.25) is 4.72 Å². The molecule has 176 valence electrons. The summed E-state index contributed by atoms with van der Waals surface area (Å²) >= 11 is 1.47. The Morgan fingerprint density at radius 3 is 2.70 bits per heavy atom. The SMILES string of the molecule is CCCS(=O)(=O)Nc1cccc(-c2nc(C3(C)CCNCC3)sc2-c2ccnc(N)n2)c1F. The Kier molecular flexibility index (Phi) is 6.64. The van der Waals surface area contributed by atoms with Crippen molar-refractivity contribution in [2.45, 2.75) is 38.5 Å². The average molecular weight is 491 g/mol. The van der Waals surface area contributed by atoms with E-state index in [9.17, 15) is 8.42 Å². The van der Waals surface area contributed by atoms with Gasteiger partial charge in [0.15, 0.2) is 5.82 Å². The van der Waals surface area contributed by atoms with Gasteiger partial charge in [0, 0.05) is 17.2 Å². The van der Waals surface area contributed by atoms with Crippen LogP contribution in [0.2, 0.25) is 0 Å². The minimum absolute atomic E-state index is 0.0879. The molecular weight excluding hydrogens is 463 g/mol. The Morgan fingerprint density at radius 2 is 2.00 bits per heavy atom. The zero-order valence-electron chi connectivity index (χ0n) is 18.6. The molecule has 3 heterocycles. The maximum absolute atomic E-state index is 15.6. The first-order valence-electron chi connectivity index (χ1n) is 10.8. The molecule has 0 aliphatic carbocycles. The highest BCUT2D eigenvalue weighted by Gasteiger charge is 2.34. The Hall–Kier alpha value is -2.63. The molecule has 1 aromatic carbocycles. The summed E-state index contributed by atoms with van der Waals surface area (Å²) in [6.45, 7) is 5.68. The molecule has 0 radical (unpaired) electrons. The van der Waals surface area contributed by atoms with Crippen LogP contribution in [-0.4, -0.2) is 42.2 Å².